The summed E-state index contributed by atoms with van der Waals surface area (Å²) >= 11 is 0. The predicted octanol–water partition coefficient (Wildman–Crippen LogP) is 1.41. The van der Waals surface area contributed by atoms with Gasteiger partial charge in [0.05, 0.1) is 5.39 Å². The Morgan fingerprint density at radius 2 is 1.89 bits per heavy atom. The molecule has 1 atom stereocenters. The standard InChI is InChI=1S/C23H27N7O5/c1-2-10-30(11-9-14-12-26-20-18(14)19(24)28-23(25)29-20)15-5-3-13(4-6-15)21(33)27-16(22(34)35)7-8-17(31)32/h2-6,12,16H,1,7-11H2,(H,27,33)(H,31,32)(H,34,35)(H5,24,25,26,28,29)/t16-/m0/s1. The highest BCUT2D eigenvalue weighted by Crippen LogP contribution is 2.24. The Labute approximate surface area is 200 Å². The molecule has 0 spiro atoms. The number of aromatic nitrogens is 3. The number of fused-ring (bicyclic) bond motifs is 1. The van der Waals surface area contributed by atoms with Crippen molar-refractivity contribution in [1.82, 2.24) is 20.3 Å². The number of nitrogens with zero attached hydrogens (tertiary/aromatic N) is 3. The fraction of sp³-hybridized carbons (Fsp3) is 0.261. The highest BCUT2D eigenvalue weighted by Gasteiger charge is 2.22. The van der Waals surface area contributed by atoms with E-state index >= 15 is 0 Å². The summed E-state index contributed by atoms with van der Waals surface area (Å²) in [7, 11) is 0. The maximum absolute atomic E-state index is 12.5. The molecular weight excluding hydrogens is 454 g/mol. The van der Waals surface area contributed by atoms with Crippen molar-refractivity contribution in [3.8, 4) is 0 Å². The minimum Gasteiger partial charge on any atom is -0.481 e. The first-order valence-corrected chi connectivity index (χ1v) is 10.8. The van der Waals surface area contributed by atoms with E-state index < -0.39 is 23.9 Å². The largest absolute Gasteiger partial charge is 0.481 e. The van der Waals surface area contributed by atoms with Crippen LogP contribution in [0.15, 0.2) is 43.1 Å². The van der Waals surface area contributed by atoms with Gasteiger partial charge in [-0.3, -0.25) is 9.59 Å². The molecule has 0 aliphatic rings. The molecule has 184 valence electrons. The molecule has 3 rings (SSSR count). The zero-order valence-corrected chi connectivity index (χ0v) is 18.9. The van der Waals surface area contributed by atoms with Gasteiger partial charge in [-0.2, -0.15) is 9.97 Å². The van der Waals surface area contributed by atoms with E-state index in [4.69, 9.17) is 16.6 Å². The van der Waals surface area contributed by atoms with Crippen LogP contribution in [-0.4, -0.2) is 62.1 Å². The van der Waals surface area contributed by atoms with Crippen molar-refractivity contribution in [2.24, 2.45) is 0 Å². The number of hydrogen-bond donors (Lipinski definition) is 6. The number of benzene rings is 1. The van der Waals surface area contributed by atoms with Gasteiger partial charge >= 0.3 is 11.9 Å². The van der Waals surface area contributed by atoms with Gasteiger partial charge in [-0.25, -0.2) is 4.79 Å². The summed E-state index contributed by atoms with van der Waals surface area (Å²) in [5.74, 6) is -2.63. The van der Waals surface area contributed by atoms with Crippen molar-refractivity contribution in [3.63, 3.8) is 0 Å². The smallest absolute Gasteiger partial charge is 0.326 e. The monoisotopic (exact) mass is 481 g/mol. The van der Waals surface area contributed by atoms with E-state index in [2.05, 4.69) is 31.7 Å². The lowest BCUT2D eigenvalue weighted by molar-refractivity contribution is -0.140. The number of anilines is 3. The third-order valence-corrected chi connectivity index (χ3v) is 5.40. The second-order valence-corrected chi connectivity index (χ2v) is 7.83. The molecule has 0 saturated carbocycles. The molecule has 1 aromatic carbocycles. The predicted molar refractivity (Wildman–Crippen MR) is 131 cm³/mol. The molecule has 1 amide bonds. The zero-order chi connectivity index (χ0) is 25.5. The molecule has 0 aliphatic carbocycles. The number of aliphatic carboxylic acids is 2. The van der Waals surface area contributed by atoms with E-state index in [1.165, 1.54) is 0 Å². The van der Waals surface area contributed by atoms with Crippen LogP contribution in [0.2, 0.25) is 0 Å². The van der Waals surface area contributed by atoms with Crippen LogP contribution in [0.1, 0.15) is 28.8 Å². The lowest BCUT2D eigenvalue weighted by Crippen LogP contribution is -2.41. The number of carbonyl (C=O) groups excluding carboxylic acids is 1. The first-order chi connectivity index (χ1) is 16.7. The minimum atomic E-state index is -1.29. The van der Waals surface area contributed by atoms with Crippen molar-refractivity contribution in [3.05, 3.63) is 54.2 Å². The Morgan fingerprint density at radius 1 is 1.17 bits per heavy atom. The number of H-pyrrole nitrogens is 1. The van der Waals surface area contributed by atoms with E-state index in [0.717, 1.165) is 16.6 Å². The third kappa shape index (κ3) is 6.25. The SMILES string of the molecule is C=CCN(CCc1c[nH]c2nc(N)nc(N)c12)c1ccc(C(=O)N[C@@H](CCC(=O)O)C(=O)O)cc1. The lowest BCUT2D eigenvalue weighted by atomic mass is 10.1. The number of amides is 1. The van der Waals surface area contributed by atoms with Crippen LogP contribution >= 0.6 is 0 Å². The van der Waals surface area contributed by atoms with Crippen LogP contribution in [0.4, 0.5) is 17.5 Å². The van der Waals surface area contributed by atoms with E-state index in [1.54, 1.807) is 30.3 Å². The molecule has 12 nitrogen and oxygen atoms in total. The maximum atomic E-state index is 12.5. The Hall–Kier alpha value is -4.61. The number of nitrogens with two attached hydrogens (primary N) is 2. The second-order valence-electron chi connectivity index (χ2n) is 7.83. The van der Waals surface area contributed by atoms with E-state index in [0.29, 0.717) is 31.0 Å². The summed E-state index contributed by atoms with van der Waals surface area (Å²) in [4.78, 5) is 47.8. The molecule has 0 radical (unpaired) electrons. The van der Waals surface area contributed by atoms with E-state index in [-0.39, 0.29) is 24.4 Å². The highest BCUT2D eigenvalue weighted by atomic mass is 16.4. The van der Waals surface area contributed by atoms with Gasteiger partial charge in [-0.05, 0) is 42.7 Å². The Morgan fingerprint density at radius 3 is 2.51 bits per heavy atom. The molecule has 0 fully saturated rings. The number of hydrogen-bond acceptors (Lipinski definition) is 8. The minimum absolute atomic E-state index is 0.0948. The van der Waals surface area contributed by atoms with Gasteiger partial charge < -0.3 is 36.9 Å². The quantitative estimate of drug-likeness (QED) is 0.205. The van der Waals surface area contributed by atoms with Crippen molar-refractivity contribution >= 4 is 46.3 Å². The molecule has 12 heteroatoms. The van der Waals surface area contributed by atoms with Crippen LogP contribution < -0.4 is 21.7 Å². The fourth-order valence-electron chi connectivity index (χ4n) is 3.67. The molecule has 0 aliphatic heterocycles. The zero-order valence-electron chi connectivity index (χ0n) is 18.9. The molecule has 2 heterocycles. The summed E-state index contributed by atoms with van der Waals surface area (Å²) in [5.41, 5.74) is 14.3. The number of carboxylic acids is 2. The molecular formula is C23H27N7O5. The van der Waals surface area contributed by atoms with Crippen molar-refractivity contribution in [2.75, 3.05) is 29.5 Å². The number of carboxylic acid groups (broad SMARTS) is 2. The highest BCUT2D eigenvalue weighted by molar-refractivity contribution is 5.97. The van der Waals surface area contributed by atoms with Gasteiger partial charge in [0.25, 0.3) is 5.91 Å². The summed E-state index contributed by atoms with van der Waals surface area (Å²) in [5, 5.41) is 21.1. The van der Waals surface area contributed by atoms with Crippen LogP contribution in [-0.2, 0) is 16.0 Å². The van der Waals surface area contributed by atoms with Crippen LogP contribution in [0, 0.1) is 0 Å². The number of nitrogens with one attached hydrogen (secondary N) is 2. The van der Waals surface area contributed by atoms with Gasteiger partial charge in [0, 0.05) is 37.0 Å². The summed E-state index contributed by atoms with van der Waals surface area (Å²) in [6.45, 7) is 4.95. The van der Waals surface area contributed by atoms with Gasteiger partial charge in [0.15, 0.2) is 0 Å². The molecule has 2 aromatic heterocycles. The molecule has 35 heavy (non-hydrogen) atoms. The lowest BCUT2D eigenvalue weighted by Gasteiger charge is -2.23. The van der Waals surface area contributed by atoms with Crippen molar-refractivity contribution in [2.45, 2.75) is 25.3 Å². The Kier molecular flexibility index (Phi) is 7.87. The van der Waals surface area contributed by atoms with Crippen LogP contribution in [0.5, 0.6) is 0 Å². The molecule has 0 unspecified atom stereocenters. The van der Waals surface area contributed by atoms with Gasteiger partial charge in [0.1, 0.15) is 17.5 Å². The van der Waals surface area contributed by atoms with Gasteiger partial charge in [-0.1, -0.05) is 6.08 Å². The molecule has 0 saturated heterocycles. The average molecular weight is 482 g/mol. The van der Waals surface area contributed by atoms with Crippen LogP contribution in [0.3, 0.4) is 0 Å². The summed E-state index contributed by atoms with van der Waals surface area (Å²) < 4.78 is 0. The Bertz CT molecular complexity index is 1240. The molecule has 8 N–H and O–H groups in total. The second kappa shape index (κ2) is 11.0. The Balaban J connectivity index is 1.69. The normalized spacial score (nSPS) is 11.7. The summed E-state index contributed by atoms with van der Waals surface area (Å²) in [6.07, 6.45) is 3.62. The molecule has 0 bridgehead atoms. The average Bonchev–Trinajstić information content (AvgIpc) is 3.22. The first kappa shape index (κ1) is 25.0. The summed E-state index contributed by atoms with van der Waals surface area (Å²) in [6, 6.07) is 5.37. The van der Waals surface area contributed by atoms with E-state index in [9.17, 15) is 19.5 Å². The van der Waals surface area contributed by atoms with Crippen molar-refractivity contribution in [1.29, 1.82) is 0 Å². The number of carbonyl (C=O) groups is 3. The van der Waals surface area contributed by atoms with Crippen molar-refractivity contribution < 1.29 is 24.6 Å². The fourth-order valence-corrected chi connectivity index (χ4v) is 3.67. The first-order valence-electron chi connectivity index (χ1n) is 10.8. The number of nitrogen functional groups attached to an aromatic ring is 2. The molecule has 3 aromatic rings. The van der Waals surface area contributed by atoms with Gasteiger partial charge in [0.2, 0.25) is 5.95 Å². The third-order valence-electron chi connectivity index (χ3n) is 5.40. The van der Waals surface area contributed by atoms with Gasteiger partial charge in [-0.15, -0.1) is 6.58 Å². The number of rotatable bonds is 12. The van der Waals surface area contributed by atoms with Crippen LogP contribution in [0.25, 0.3) is 11.0 Å². The maximum Gasteiger partial charge on any atom is 0.326 e. The number of aromatic amines is 1. The van der Waals surface area contributed by atoms with E-state index in [1.807, 2.05) is 6.20 Å². The topological polar surface area (TPSA) is 201 Å².